The molecule has 0 atom stereocenters. The van der Waals surface area contributed by atoms with Gasteiger partial charge in [-0.25, -0.2) is 9.86 Å². The molecule has 0 fully saturated rings. The predicted octanol–water partition coefficient (Wildman–Crippen LogP) is 1.28. The van der Waals surface area contributed by atoms with Crippen LogP contribution < -0.4 is 14.8 Å². The normalized spacial score (nSPS) is 9.78. The van der Waals surface area contributed by atoms with Crippen molar-refractivity contribution in [2.45, 2.75) is 6.42 Å². The Kier molecular flexibility index (Phi) is 5.26. The van der Waals surface area contributed by atoms with Crippen LogP contribution in [0.25, 0.3) is 0 Å². The third-order valence-electron chi connectivity index (χ3n) is 2.45. The van der Waals surface area contributed by atoms with Gasteiger partial charge in [-0.15, -0.1) is 0 Å². The number of para-hydroxylation sites is 1. The zero-order valence-electron chi connectivity index (χ0n) is 10.8. The molecule has 0 bridgehead atoms. The standard InChI is InChI=1S/C12H18N2O4/c1-14(16)12(15)13-8-7-9-5-4-6-10(17-2)11(9)18-3/h4-6,16H,7-8H2,1-3H3,(H,13,15). The van der Waals surface area contributed by atoms with Gasteiger partial charge in [0.25, 0.3) is 0 Å². The maximum atomic E-state index is 11.1. The first-order valence-electron chi connectivity index (χ1n) is 5.50. The number of carbonyl (C=O) groups is 1. The number of hydrogen-bond acceptors (Lipinski definition) is 4. The van der Waals surface area contributed by atoms with Crippen LogP contribution in [0.1, 0.15) is 5.56 Å². The number of ether oxygens (including phenoxy) is 2. The highest BCUT2D eigenvalue weighted by Crippen LogP contribution is 2.30. The van der Waals surface area contributed by atoms with Gasteiger partial charge in [-0.3, -0.25) is 5.21 Å². The second-order valence-electron chi connectivity index (χ2n) is 3.66. The van der Waals surface area contributed by atoms with E-state index in [1.54, 1.807) is 14.2 Å². The van der Waals surface area contributed by atoms with E-state index in [1.165, 1.54) is 7.05 Å². The number of methoxy groups -OCH3 is 2. The lowest BCUT2D eigenvalue weighted by molar-refractivity contribution is -0.0181. The Bertz CT molecular complexity index is 407. The molecule has 18 heavy (non-hydrogen) atoms. The summed E-state index contributed by atoms with van der Waals surface area (Å²) < 4.78 is 10.5. The van der Waals surface area contributed by atoms with Crippen molar-refractivity contribution in [3.8, 4) is 11.5 Å². The van der Waals surface area contributed by atoms with E-state index in [-0.39, 0.29) is 0 Å². The molecule has 0 heterocycles. The van der Waals surface area contributed by atoms with Crippen molar-refractivity contribution in [1.82, 2.24) is 10.4 Å². The molecule has 1 aromatic rings. The number of hydroxylamine groups is 2. The lowest BCUT2D eigenvalue weighted by atomic mass is 10.1. The summed E-state index contributed by atoms with van der Waals surface area (Å²) in [7, 11) is 4.41. The van der Waals surface area contributed by atoms with Crippen LogP contribution in [0.5, 0.6) is 11.5 Å². The van der Waals surface area contributed by atoms with E-state index >= 15 is 0 Å². The number of nitrogens with one attached hydrogen (secondary N) is 1. The molecule has 0 spiro atoms. The second-order valence-corrected chi connectivity index (χ2v) is 3.66. The fourth-order valence-electron chi connectivity index (χ4n) is 1.57. The quantitative estimate of drug-likeness (QED) is 0.613. The van der Waals surface area contributed by atoms with E-state index < -0.39 is 6.03 Å². The van der Waals surface area contributed by atoms with E-state index in [9.17, 15) is 4.79 Å². The Hall–Kier alpha value is -1.95. The van der Waals surface area contributed by atoms with Gasteiger partial charge >= 0.3 is 6.03 Å². The van der Waals surface area contributed by atoms with Crippen molar-refractivity contribution in [3.63, 3.8) is 0 Å². The fraction of sp³-hybridized carbons (Fsp3) is 0.417. The Morgan fingerprint density at radius 3 is 2.67 bits per heavy atom. The molecule has 0 aromatic heterocycles. The molecule has 2 amide bonds. The molecule has 0 aliphatic heterocycles. The summed E-state index contributed by atoms with van der Waals surface area (Å²) in [4.78, 5) is 11.1. The highest BCUT2D eigenvalue weighted by atomic mass is 16.5. The molecule has 1 rings (SSSR count). The molecule has 1 aromatic carbocycles. The van der Waals surface area contributed by atoms with Crippen molar-refractivity contribution >= 4 is 6.03 Å². The van der Waals surface area contributed by atoms with Gasteiger partial charge in [-0.1, -0.05) is 12.1 Å². The van der Waals surface area contributed by atoms with Crippen LogP contribution in [0.15, 0.2) is 18.2 Å². The smallest absolute Gasteiger partial charge is 0.340 e. The number of benzene rings is 1. The molecular formula is C12H18N2O4. The molecule has 0 aliphatic carbocycles. The van der Waals surface area contributed by atoms with Gasteiger partial charge in [0.2, 0.25) is 0 Å². The molecule has 0 aliphatic rings. The van der Waals surface area contributed by atoms with Gasteiger partial charge in [-0.2, -0.15) is 0 Å². The summed E-state index contributed by atoms with van der Waals surface area (Å²) in [5.74, 6) is 1.31. The van der Waals surface area contributed by atoms with Crippen LogP contribution in [-0.4, -0.2) is 44.1 Å². The average Bonchev–Trinajstić information content (AvgIpc) is 2.37. The number of rotatable bonds is 5. The van der Waals surface area contributed by atoms with Gasteiger partial charge in [0.1, 0.15) is 0 Å². The Morgan fingerprint density at radius 1 is 1.39 bits per heavy atom. The molecular weight excluding hydrogens is 236 g/mol. The Labute approximate surface area is 106 Å². The van der Waals surface area contributed by atoms with Crippen LogP contribution in [0.4, 0.5) is 4.79 Å². The van der Waals surface area contributed by atoms with Crippen molar-refractivity contribution in [3.05, 3.63) is 23.8 Å². The van der Waals surface area contributed by atoms with E-state index in [1.807, 2.05) is 18.2 Å². The van der Waals surface area contributed by atoms with Gasteiger partial charge in [0.05, 0.1) is 14.2 Å². The van der Waals surface area contributed by atoms with Crippen molar-refractivity contribution in [2.75, 3.05) is 27.8 Å². The highest BCUT2D eigenvalue weighted by molar-refractivity contribution is 5.72. The van der Waals surface area contributed by atoms with Crippen LogP contribution in [0, 0.1) is 0 Å². The number of hydrogen-bond donors (Lipinski definition) is 2. The molecule has 6 heteroatoms. The molecule has 2 N–H and O–H groups in total. The third kappa shape index (κ3) is 3.53. The monoisotopic (exact) mass is 254 g/mol. The average molecular weight is 254 g/mol. The first kappa shape index (κ1) is 14.1. The maximum Gasteiger partial charge on any atom is 0.340 e. The summed E-state index contributed by atoms with van der Waals surface area (Å²) in [6, 6.07) is 5.02. The number of carbonyl (C=O) groups excluding carboxylic acids is 1. The minimum atomic E-state index is -0.545. The highest BCUT2D eigenvalue weighted by Gasteiger charge is 2.10. The second kappa shape index (κ2) is 6.70. The summed E-state index contributed by atoms with van der Waals surface area (Å²) in [5.41, 5.74) is 0.928. The zero-order valence-corrected chi connectivity index (χ0v) is 10.8. The molecule has 100 valence electrons. The lowest BCUT2D eigenvalue weighted by Crippen LogP contribution is -2.36. The maximum absolute atomic E-state index is 11.1. The number of amides is 2. The largest absolute Gasteiger partial charge is 0.493 e. The number of urea groups is 1. The molecule has 0 saturated heterocycles. The van der Waals surface area contributed by atoms with Crippen molar-refractivity contribution in [2.24, 2.45) is 0 Å². The van der Waals surface area contributed by atoms with E-state index in [0.29, 0.717) is 29.5 Å². The van der Waals surface area contributed by atoms with Crippen LogP contribution in [-0.2, 0) is 6.42 Å². The summed E-state index contributed by atoms with van der Waals surface area (Å²) in [6.07, 6.45) is 0.583. The van der Waals surface area contributed by atoms with Gasteiger partial charge in [0, 0.05) is 13.6 Å². The van der Waals surface area contributed by atoms with Crippen LogP contribution >= 0.6 is 0 Å². The van der Waals surface area contributed by atoms with Gasteiger partial charge < -0.3 is 14.8 Å². The minimum absolute atomic E-state index is 0.396. The Morgan fingerprint density at radius 2 is 2.11 bits per heavy atom. The van der Waals surface area contributed by atoms with Gasteiger partial charge in [0.15, 0.2) is 11.5 Å². The predicted molar refractivity (Wildman–Crippen MR) is 66.2 cm³/mol. The lowest BCUT2D eigenvalue weighted by Gasteiger charge is -2.13. The summed E-state index contributed by atoms with van der Waals surface area (Å²) >= 11 is 0. The van der Waals surface area contributed by atoms with Crippen LogP contribution in [0.2, 0.25) is 0 Å². The first-order chi connectivity index (χ1) is 8.60. The zero-order chi connectivity index (χ0) is 13.5. The SMILES string of the molecule is COc1cccc(CCNC(=O)N(C)O)c1OC. The van der Waals surface area contributed by atoms with Crippen LogP contribution in [0.3, 0.4) is 0 Å². The summed E-state index contributed by atoms with van der Waals surface area (Å²) in [5, 5.41) is 11.9. The van der Waals surface area contributed by atoms with Gasteiger partial charge in [-0.05, 0) is 18.1 Å². The number of nitrogens with zero attached hydrogens (tertiary/aromatic N) is 1. The van der Waals surface area contributed by atoms with E-state index in [0.717, 1.165) is 5.56 Å². The molecule has 0 unspecified atom stereocenters. The van der Waals surface area contributed by atoms with Crippen molar-refractivity contribution < 1.29 is 19.5 Å². The molecule has 0 radical (unpaired) electrons. The first-order valence-corrected chi connectivity index (χ1v) is 5.50. The van der Waals surface area contributed by atoms with E-state index in [4.69, 9.17) is 14.7 Å². The topological polar surface area (TPSA) is 71.0 Å². The fourth-order valence-corrected chi connectivity index (χ4v) is 1.57. The Balaban J connectivity index is 2.64. The summed E-state index contributed by atoms with van der Waals surface area (Å²) in [6.45, 7) is 0.396. The van der Waals surface area contributed by atoms with Crippen molar-refractivity contribution in [1.29, 1.82) is 0 Å². The van der Waals surface area contributed by atoms with E-state index in [2.05, 4.69) is 5.32 Å². The third-order valence-corrected chi connectivity index (χ3v) is 2.45. The minimum Gasteiger partial charge on any atom is -0.493 e. The molecule has 0 saturated carbocycles. The molecule has 6 nitrogen and oxygen atoms in total.